The first kappa shape index (κ1) is 23.5. The SMILES string of the molecule is CCNC(=O)C1CC(=O)N(Cc2ccc(OC)c(OC)c2)C(=Nc2ccc(OC)cc2)S1. The summed E-state index contributed by atoms with van der Waals surface area (Å²) in [5, 5.41) is 2.74. The van der Waals surface area contributed by atoms with Crippen molar-refractivity contribution in [3.63, 3.8) is 0 Å². The maximum absolute atomic E-state index is 13.1. The van der Waals surface area contributed by atoms with E-state index < -0.39 is 5.25 Å². The molecule has 1 atom stereocenters. The Labute approximate surface area is 191 Å². The fourth-order valence-electron chi connectivity index (χ4n) is 3.21. The second-order valence-electron chi connectivity index (χ2n) is 6.97. The number of amides is 2. The van der Waals surface area contributed by atoms with Crippen LogP contribution in [-0.4, -0.2) is 55.0 Å². The smallest absolute Gasteiger partial charge is 0.234 e. The normalized spacial score (nSPS) is 17.2. The van der Waals surface area contributed by atoms with E-state index in [0.717, 1.165) is 5.56 Å². The van der Waals surface area contributed by atoms with E-state index in [1.165, 1.54) is 11.8 Å². The number of carbonyl (C=O) groups excluding carboxylic acids is 2. The summed E-state index contributed by atoms with van der Waals surface area (Å²) < 4.78 is 15.9. The predicted octanol–water partition coefficient (Wildman–Crippen LogP) is 3.37. The molecule has 3 rings (SSSR count). The quantitative estimate of drug-likeness (QED) is 0.654. The molecule has 0 spiro atoms. The zero-order chi connectivity index (χ0) is 23.1. The van der Waals surface area contributed by atoms with Crippen molar-refractivity contribution in [1.82, 2.24) is 10.2 Å². The minimum absolute atomic E-state index is 0.103. The molecule has 170 valence electrons. The second-order valence-corrected chi connectivity index (χ2v) is 8.14. The third kappa shape index (κ3) is 5.53. The fraction of sp³-hybridized carbons (Fsp3) is 0.348. The van der Waals surface area contributed by atoms with E-state index >= 15 is 0 Å². The standard InChI is InChI=1S/C23H27N3O5S/c1-5-24-22(28)20-13-21(27)26(14-15-6-11-18(30-3)19(12-15)31-4)23(32-20)25-16-7-9-17(29-2)10-8-16/h6-12,20H,5,13-14H2,1-4H3,(H,24,28). The van der Waals surface area contributed by atoms with Gasteiger partial charge in [-0.3, -0.25) is 14.5 Å². The molecular formula is C23H27N3O5S. The van der Waals surface area contributed by atoms with Gasteiger partial charge in [0, 0.05) is 13.0 Å². The Bertz CT molecular complexity index is 994. The van der Waals surface area contributed by atoms with Crippen LogP contribution in [0.4, 0.5) is 5.69 Å². The summed E-state index contributed by atoms with van der Waals surface area (Å²) in [6, 6.07) is 12.7. The Morgan fingerprint density at radius 1 is 1.09 bits per heavy atom. The Morgan fingerprint density at radius 2 is 1.81 bits per heavy atom. The van der Waals surface area contributed by atoms with Crippen LogP contribution in [0, 0.1) is 0 Å². The van der Waals surface area contributed by atoms with Crippen LogP contribution >= 0.6 is 11.8 Å². The van der Waals surface area contributed by atoms with Gasteiger partial charge in [-0.15, -0.1) is 0 Å². The molecule has 1 N–H and O–H groups in total. The number of methoxy groups -OCH3 is 3. The van der Waals surface area contributed by atoms with Gasteiger partial charge in [0.15, 0.2) is 16.7 Å². The molecule has 2 aromatic carbocycles. The van der Waals surface area contributed by atoms with Crippen LogP contribution in [0.2, 0.25) is 0 Å². The fourth-order valence-corrected chi connectivity index (χ4v) is 4.34. The van der Waals surface area contributed by atoms with Crippen molar-refractivity contribution in [3.8, 4) is 17.2 Å². The molecule has 2 aromatic rings. The Kier molecular flexibility index (Phi) is 7.99. The summed E-state index contributed by atoms with van der Waals surface area (Å²) in [6.45, 7) is 2.65. The van der Waals surface area contributed by atoms with Gasteiger partial charge in [0.1, 0.15) is 5.75 Å². The molecule has 1 saturated heterocycles. The van der Waals surface area contributed by atoms with Gasteiger partial charge in [0.25, 0.3) is 0 Å². The first-order valence-electron chi connectivity index (χ1n) is 10.2. The van der Waals surface area contributed by atoms with E-state index in [4.69, 9.17) is 14.2 Å². The number of rotatable bonds is 8. The lowest BCUT2D eigenvalue weighted by Gasteiger charge is -2.32. The van der Waals surface area contributed by atoms with Crippen molar-refractivity contribution < 1.29 is 23.8 Å². The summed E-state index contributed by atoms with van der Waals surface area (Å²) in [5.74, 6) is 1.57. The molecule has 32 heavy (non-hydrogen) atoms. The van der Waals surface area contributed by atoms with E-state index in [2.05, 4.69) is 10.3 Å². The predicted molar refractivity (Wildman–Crippen MR) is 125 cm³/mol. The van der Waals surface area contributed by atoms with Gasteiger partial charge in [-0.2, -0.15) is 0 Å². The number of benzene rings is 2. The van der Waals surface area contributed by atoms with Crippen molar-refractivity contribution in [2.45, 2.75) is 25.1 Å². The van der Waals surface area contributed by atoms with Crippen LogP contribution in [0.1, 0.15) is 18.9 Å². The van der Waals surface area contributed by atoms with Crippen molar-refractivity contribution in [1.29, 1.82) is 0 Å². The van der Waals surface area contributed by atoms with Crippen LogP contribution in [-0.2, 0) is 16.1 Å². The highest BCUT2D eigenvalue weighted by atomic mass is 32.2. The molecule has 1 aliphatic rings. The van der Waals surface area contributed by atoms with Gasteiger partial charge < -0.3 is 19.5 Å². The number of amidine groups is 1. The van der Waals surface area contributed by atoms with Crippen LogP contribution in [0.15, 0.2) is 47.5 Å². The lowest BCUT2D eigenvalue weighted by atomic mass is 10.1. The van der Waals surface area contributed by atoms with Gasteiger partial charge in [-0.25, -0.2) is 4.99 Å². The molecular weight excluding hydrogens is 430 g/mol. The van der Waals surface area contributed by atoms with Gasteiger partial charge in [0.2, 0.25) is 11.8 Å². The molecule has 0 aliphatic carbocycles. The van der Waals surface area contributed by atoms with E-state index in [9.17, 15) is 9.59 Å². The van der Waals surface area contributed by atoms with Gasteiger partial charge in [-0.05, 0) is 48.9 Å². The molecule has 1 fully saturated rings. The number of carbonyl (C=O) groups is 2. The summed E-state index contributed by atoms with van der Waals surface area (Å²) in [5.41, 5.74) is 1.52. The first-order valence-corrected chi connectivity index (χ1v) is 11.0. The summed E-state index contributed by atoms with van der Waals surface area (Å²) in [6.07, 6.45) is 0.103. The lowest BCUT2D eigenvalue weighted by molar-refractivity contribution is -0.130. The Hall–Kier alpha value is -3.20. The molecule has 0 aromatic heterocycles. The number of thioether (sulfide) groups is 1. The summed E-state index contributed by atoms with van der Waals surface area (Å²) in [7, 11) is 4.73. The van der Waals surface area contributed by atoms with Crippen molar-refractivity contribution >= 4 is 34.4 Å². The molecule has 0 radical (unpaired) electrons. The zero-order valence-electron chi connectivity index (χ0n) is 18.6. The highest BCUT2D eigenvalue weighted by Gasteiger charge is 2.35. The minimum atomic E-state index is -0.527. The topological polar surface area (TPSA) is 89.5 Å². The Morgan fingerprint density at radius 3 is 2.44 bits per heavy atom. The highest BCUT2D eigenvalue weighted by Crippen LogP contribution is 2.33. The number of aliphatic imine (C=N–C) groups is 1. The Balaban J connectivity index is 1.93. The maximum atomic E-state index is 13.1. The van der Waals surface area contributed by atoms with E-state index in [0.29, 0.717) is 41.2 Å². The van der Waals surface area contributed by atoms with Crippen molar-refractivity contribution in [2.24, 2.45) is 4.99 Å². The minimum Gasteiger partial charge on any atom is -0.497 e. The summed E-state index contributed by atoms with van der Waals surface area (Å²) >= 11 is 1.29. The number of hydrogen-bond acceptors (Lipinski definition) is 7. The average Bonchev–Trinajstić information content (AvgIpc) is 2.81. The van der Waals surface area contributed by atoms with Crippen LogP contribution < -0.4 is 19.5 Å². The third-order valence-corrected chi connectivity index (χ3v) is 6.06. The van der Waals surface area contributed by atoms with Crippen molar-refractivity contribution in [2.75, 3.05) is 27.9 Å². The van der Waals surface area contributed by atoms with Gasteiger partial charge >= 0.3 is 0 Å². The second kappa shape index (κ2) is 10.9. The van der Waals surface area contributed by atoms with E-state index in [1.54, 1.807) is 56.6 Å². The first-order chi connectivity index (χ1) is 15.5. The average molecular weight is 458 g/mol. The van der Waals surface area contributed by atoms with Crippen LogP contribution in [0.3, 0.4) is 0 Å². The number of ether oxygens (including phenoxy) is 3. The number of nitrogens with zero attached hydrogens (tertiary/aromatic N) is 2. The number of nitrogens with one attached hydrogen (secondary N) is 1. The molecule has 9 heteroatoms. The van der Waals surface area contributed by atoms with E-state index in [-0.39, 0.29) is 18.2 Å². The van der Waals surface area contributed by atoms with Crippen molar-refractivity contribution in [3.05, 3.63) is 48.0 Å². The monoisotopic (exact) mass is 457 g/mol. The molecule has 0 bridgehead atoms. The summed E-state index contributed by atoms with van der Waals surface area (Å²) in [4.78, 5) is 31.8. The van der Waals surface area contributed by atoms with Crippen LogP contribution in [0.5, 0.6) is 17.2 Å². The van der Waals surface area contributed by atoms with Crippen LogP contribution in [0.25, 0.3) is 0 Å². The zero-order valence-corrected chi connectivity index (χ0v) is 19.4. The molecule has 0 saturated carbocycles. The van der Waals surface area contributed by atoms with Gasteiger partial charge in [-0.1, -0.05) is 17.8 Å². The molecule has 1 unspecified atom stereocenters. The molecule has 2 amide bonds. The highest BCUT2D eigenvalue weighted by molar-refractivity contribution is 8.15. The molecule has 8 nitrogen and oxygen atoms in total. The number of hydrogen-bond donors (Lipinski definition) is 1. The maximum Gasteiger partial charge on any atom is 0.234 e. The largest absolute Gasteiger partial charge is 0.497 e. The third-order valence-electron chi connectivity index (χ3n) is 4.87. The van der Waals surface area contributed by atoms with Gasteiger partial charge in [0.05, 0.1) is 38.8 Å². The lowest BCUT2D eigenvalue weighted by Crippen LogP contribution is -2.46. The molecule has 1 heterocycles. The van der Waals surface area contributed by atoms with E-state index in [1.807, 2.05) is 19.1 Å². The molecule has 1 aliphatic heterocycles.